The maximum absolute atomic E-state index is 13.9. The molecule has 1 aliphatic heterocycles. The van der Waals surface area contributed by atoms with Gasteiger partial charge in [-0.25, -0.2) is 17.5 Å². The first-order valence-electron chi connectivity index (χ1n) is 10.2. The molecule has 168 valence electrons. The fourth-order valence-electron chi connectivity index (χ4n) is 3.74. The zero-order valence-electron chi connectivity index (χ0n) is 17.3. The highest BCUT2D eigenvalue weighted by Gasteiger charge is 2.23. The number of carbonyl (C=O) groups excluding carboxylic acids is 1. The van der Waals surface area contributed by atoms with Crippen LogP contribution < -0.4 is 15.2 Å². The van der Waals surface area contributed by atoms with Gasteiger partial charge in [0.05, 0.1) is 10.6 Å². The van der Waals surface area contributed by atoms with Crippen LogP contribution in [0.5, 0.6) is 0 Å². The predicted octanol–water partition coefficient (Wildman–Crippen LogP) is 1.68. The lowest BCUT2D eigenvalue weighted by Crippen LogP contribution is -2.49. The van der Waals surface area contributed by atoms with Gasteiger partial charge < -0.3 is 14.8 Å². The molecule has 1 aliphatic rings. The second kappa shape index (κ2) is 9.09. The number of amides is 1. The summed E-state index contributed by atoms with van der Waals surface area (Å²) in [7, 11) is -3.80. The Morgan fingerprint density at radius 3 is 2.53 bits per heavy atom. The number of nitrogens with one attached hydrogen (secondary N) is 2. The van der Waals surface area contributed by atoms with Gasteiger partial charge in [0.25, 0.3) is 0 Å². The standard InChI is InChI=1S/C22H23FN4O4S/c23-18-3-1-2-4-20(18)26-11-13-27(14-12-26)22(29)9-10-24-32(30,31)17-6-7-19-16(15-17)5-8-21(28)25-19/h1-8,15,24H,9-14H2,(H,25,28). The minimum Gasteiger partial charge on any atom is -0.366 e. The Hall–Kier alpha value is -3.24. The molecule has 2 heterocycles. The van der Waals surface area contributed by atoms with Crippen LogP contribution in [0.15, 0.2) is 64.3 Å². The van der Waals surface area contributed by atoms with Crippen LogP contribution in [-0.4, -0.2) is 56.9 Å². The molecule has 1 amide bonds. The third kappa shape index (κ3) is 4.81. The average molecular weight is 459 g/mol. The van der Waals surface area contributed by atoms with Crippen LogP contribution in [0.1, 0.15) is 6.42 Å². The second-order valence-electron chi connectivity index (χ2n) is 7.54. The van der Waals surface area contributed by atoms with Crippen molar-refractivity contribution in [3.8, 4) is 0 Å². The fourth-order valence-corrected chi connectivity index (χ4v) is 4.81. The zero-order valence-corrected chi connectivity index (χ0v) is 18.1. The Balaban J connectivity index is 1.30. The number of nitrogens with zero attached hydrogens (tertiary/aromatic N) is 2. The summed E-state index contributed by atoms with van der Waals surface area (Å²) in [4.78, 5) is 30.1. The minimum atomic E-state index is -3.80. The van der Waals surface area contributed by atoms with Crippen LogP contribution in [0.3, 0.4) is 0 Å². The number of piperazine rings is 1. The number of aromatic amines is 1. The number of pyridine rings is 1. The number of carbonyl (C=O) groups is 1. The third-order valence-electron chi connectivity index (χ3n) is 5.46. The van der Waals surface area contributed by atoms with E-state index in [0.717, 1.165) is 0 Å². The Bertz CT molecular complexity index is 1300. The first kappa shape index (κ1) is 22.0. The van der Waals surface area contributed by atoms with E-state index in [1.165, 1.54) is 30.3 Å². The topological polar surface area (TPSA) is 103 Å². The molecule has 32 heavy (non-hydrogen) atoms. The Labute approximate surface area is 184 Å². The lowest BCUT2D eigenvalue weighted by atomic mass is 10.2. The van der Waals surface area contributed by atoms with Crippen LogP contribution in [0.25, 0.3) is 10.9 Å². The van der Waals surface area contributed by atoms with Crippen molar-refractivity contribution in [1.82, 2.24) is 14.6 Å². The monoisotopic (exact) mass is 458 g/mol. The molecule has 0 unspecified atom stereocenters. The number of hydrogen-bond donors (Lipinski definition) is 2. The summed E-state index contributed by atoms with van der Waals surface area (Å²) in [6, 6.07) is 13.8. The lowest BCUT2D eigenvalue weighted by Gasteiger charge is -2.36. The molecule has 10 heteroatoms. The van der Waals surface area contributed by atoms with Crippen molar-refractivity contribution >= 4 is 32.5 Å². The largest absolute Gasteiger partial charge is 0.366 e. The molecule has 1 fully saturated rings. The number of rotatable bonds is 6. The summed E-state index contributed by atoms with van der Waals surface area (Å²) in [6.45, 7) is 1.89. The van der Waals surface area contributed by atoms with Crippen LogP contribution in [0.4, 0.5) is 10.1 Å². The van der Waals surface area contributed by atoms with Crippen molar-refractivity contribution in [2.45, 2.75) is 11.3 Å². The van der Waals surface area contributed by atoms with E-state index in [1.54, 1.807) is 29.2 Å². The van der Waals surface area contributed by atoms with Crippen molar-refractivity contribution in [1.29, 1.82) is 0 Å². The number of fused-ring (bicyclic) bond motifs is 1. The van der Waals surface area contributed by atoms with Crippen LogP contribution in [-0.2, 0) is 14.8 Å². The highest BCUT2D eigenvalue weighted by molar-refractivity contribution is 7.89. The molecule has 0 saturated carbocycles. The van der Waals surface area contributed by atoms with Crippen molar-refractivity contribution in [2.75, 3.05) is 37.6 Å². The molecule has 0 atom stereocenters. The molecule has 1 saturated heterocycles. The quantitative estimate of drug-likeness (QED) is 0.585. The van der Waals surface area contributed by atoms with E-state index in [4.69, 9.17) is 0 Å². The molecule has 3 aromatic rings. The van der Waals surface area contributed by atoms with Crippen molar-refractivity contribution in [3.05, 3.63) is 70.8 Å². The highest BCUT2D eigenvalue weighted by atomic mass is 32.2. The van der Waals surface area contributed by atoms with E-state index >= 15 is 0 Å². The minimum absolute atomic E-state index is 0.0276. The van der Waals surface area contributed by atoms with Gasteiger partial charge in [-0.05, 0) is 41.8 Å². The maximum atomic E-state index is 13.9. The highest BCUT2D eigenvalue weighted by Crippen LogP contribution is 2.20. The molecule has 0 spiro atoms. The molecule has 1 aromatic heterocycles. The molecule has 0 bridgehead atoms. The van der Waals surface area contributed by atoms with E-state index in [0.29, 0.717) is 42.8 Å². The van der Waals surface area contributed by atoms with E-state index < -0.39 is 10.0 Å². The van der Waals surface area contributed by atoms with Gasteiger partial charge in [-0.3, -0.25) is 9.59 Å². The molecular formula is C22H23FN4O4S. The number of anilines is 1. The van der Waals surface area contributed by atoms with Gasteiger partial charge in [-0.2, -0.15) is 0 Å². The number of hydrogen-bond acceptors (Lipinski definition) is 5. The number of H-pyrrole nitrogens is 1. The normalized spacial score (nSPS) is 14.7. The SMILES string of the molecule is O=C(CCNS(=O)(=O)c1ccc2[nH]c(=O)ccc2c1)N1CCN(c2ccccc2F)CC1. The van der Waals surface area contributed by atoms with E-state index in [9.17, 15) is 22.4 Å². The molecule has 4 rings (SSSR count). The molecule has 0 radical (unpaired) electrons. The maximum Gasteiger partial charge on any atom is 0.248 e. The summed E-state index contributed by atoms with van der Waals surface area (Å²) in [6.07, 6.45) is 0.0276. The van der Waals surface area contributed by atoms with Gasteiger partial charge in [0.2, 0.25) is 21.5 Å². The number of para-hydroxylation sites is 1. The summed E-state index contributed by atoms with van der Waals surface area (Å²) in [5.74, 6) is -0.446. The molecule has 8 nitrogen and oxygen atoms in total. The van der Waals surface area contributed by atoms with Gasteiger partial charge in [-0.15, -0.1) is 0 Å². The first-order valence-corrected chi connectivity index (χ1v) is 11.7. The average Bonchev–Trinajstić information content (AvgIpc) is 2.79. The van der Waals surface area contributed by atoms with Gasteiger partial charge in [-0.1, -0.05) is 12.1 Å². The molecule has 2 aromatic carbocycles. The van der Waals surface area contributed by atoms with Crippen molar-refractivity contribution in [3.63, 3.8) is 0 Å². The van der Waals surface area contributed by atoms with E-state index in [1.807, 2.05) is 4.90 Å². The molecular weight excluding hydrogens is 435 g/mol. The number of sulfonamides is 1. The van der Waals surface area contributed by atoms with Gasteiger partial charge in [0, 0.05) is 50.7 Å². The number of halogens is 1. The van der Waals surface area contributed by atoms with Crippen LogP contribution >= 0.6 is 0 Å². The lowest BCUT2D eigenvalue weighted by molar-refractivity contribution is -0.131. The van der Waals surface area contributed by atoms with Crippen molar-refractivity contribution < 1.29 is 17.6 Å². The van der Waals surface area contributed by atoms with Gasteiger partial charge in [0.1, 0.15) is 5.82 Å². The summed E-state index contributed by atoms with van der Waals surface area (Å²) in [5, 5.41) is 0.594. The zero-order chi connectivity index (χ0) is 22.7. The number of benzene rings is 2. The summed E-state index contributed by atoms with van der Waals surface area (Å²) >= 11 is 0. The van der Waals surface area contributed by atoms with Gasteiger partial charge in [0.15, 0.2) is 0 Å². The number of aromatic nitrogens is 1. The Kier molecular flexibility index (Phi) is 6.24. The first-order chi connectivity index (χ1) is 15.3. The molecule has 0 aliphatic carbocycles. The predicted molar refractivity (Wildman–Crippen MR) is 120 cm³/mol. The van der Waals surface area contributed by atoms with E-state index in [2.05, 4.69) is 9.71 Å². The smallest absolute Gasteiger partial charge is 0.248 e. The van der Waals surface area contributed by atoms with Gasteiger partial charge >= 0.3 is 0 Å². The third-order valence-corrected chi connectivity index (χ3v) is 6.92. The Morgan fingerprint density at radius 1 is 1.03 bits per heavy atom. The van der Waals surface area contributed by atoms with Crippen LogP contribution in [0.2, 0.25) is 0 Å². The summed E-state index contributed by atoms with van der Waals surface area (Å²) in [5.41, 5.74) is 0.799. The second-order valence-corrected chi connectivity index (χ2v) is 9.31. The van der Waals surface area contributed by atoms with Crippen molar-refractivity contribution in [2.24, 2.45) is 0 Å². The van der Waals surface area contributed by atoms with E-state index in [-0.39, 0.29) is 35.1 Å². The summed E-state index contributed by atoms with van der Waals surface area (Å²) < 4.78 is 41.6. The van der Waals surface area contributed by atoms with Crippen LogP contribution in [0, 0.1) is 5.82 Å². The Morgan fingerprint density at radius 2 is 1.78 bits per heavy atom. The fraction of sp³-hybridized carbons (Fsp3) is 0.273. The molecule has 2 N–H and O–H groups in total.